The number of nitrogens with zero attached hydrogens (tertiary/aromatic N) is 2. The van der Waals surface area contributed by atoms with E-state index < -0.39 is 0 Å². The Morgan fingerprint density at radius 1 is 1.27 bits per heavy atom. The average molecular weight is 320 g/mol. The van der Waals surface area contributed by atoms with Crippen LogP contribution in [-0.2, 0) is 16.0 Å². The van der Waals surface area contributed by atoms with Gasteiger partial charge < -0.3 is 9.64 Å². The fourth-order valence-corrected chi connectivity index (χ4v) is 3.35. The van der Waals surface area contributed by atoms with Gasteiger partial charge in [-0.05, 0) is 17.7 Å². The lowest BCUT2D eigenvalue weighted by atomic mass is 10.0. The number of thioether (sulfide) groups is 1. The van der Waals surface area contributed by atoms with Crippen molar-refractivity contribution in [1.82, 2.24) is 9.80 Å². The van der Waals surface area contributed by atoms with Crippen LogP contribution < -0.4 is 4.74 Å². The summed E-state index contributed by atoms with van der Waals surface area (Å²) in [5.74, 6) is 0.828. The molecule has 2 saturated heterocycles. The second-order valence-electron chi connectivity index (χ2n) is 5.30. The van der Waals surface area contributed by atoms with E-state index in [4.69, 9.17) is 4.74 Å². The minimum absolute atomic E-state index is 0.00756. The fourth-order valence-electron chi connectivity index (χ4n) is 2.57. The Hall–Kier alpha value is -2.02. The highest BCUT2D eigenvalue weighted by Crippen LogP contribution is 2.26. The summed E-state index contributed by atoms with van der Waals surface area (Å²) in [6.07, 6.45) is 0.313. The number of hydrogen-bond donors (Lipinski definition) is 0. The number of ether oxygens (including phenoxy) is 1. The third-order valence-corrected chi connectivity index (χ3v) is 4.71. The van der Waals surface area contributed by atoms with Gasteiger partial charge in [-0.1, -0.05) is 23.9 Å². The summed E-state index contributed by atoms with van der Waals surface area (Å²) in [7, 11) is 1.60. The quantitative estimate of drug-likeness (QED) is 0.832. The van der Waals surface area contributed by atoms with E-state index in [1.54, 1.807) is 12.0 Å². The van der Waals surface area contributed by atoms with Crippen molar-refractivity contribution in [1.29, 1.82) is 0 Å². The Morgan fingerprint density at radius 3 is 2.50 bits per heavy atom. The highest BCUT2D eigenvalue weighted by atomic mass is 32.2. The van der Waals surface area contributed by atoms with Crippen molar-refractivity contribution in [2.24, 2.45) is 0 Å². The van der Waals surface area contributed by atoms with Gasteiger partial charge in [-0.15, -0.1) is 0 Å². The molecule has 116 valence electrons. The number of benzene rings is 1. The molecule has 0 aliphatic carbocycles. The summed E-state index contributed by atoms with van der Waals surface area (Å²) in [6.45, 7) is 0.875. The fraction of sp³-hybridized carbons (Fsp3) is 0.400. The molecule has 0 spiro atoms. The smallest absolute Gasteiger partial charge is 0.289 e. The van der Waals surface area contributed by atoms with Crippen LogP contribution in [0.5, 0.6) is 5.75 Å². The molecule has 0 aromatic heterocycles. The molecule has 0 bridgehead atoms. The number of rotatable bonds is 4. The predicted molar refractivity (Wildman–Crippen MR) is 81.8 cm³/mol. The first-order valence-electron chi connectivity index (χ1n) is 6.98. The zero-order valence-corrected chi connectivity index (χ0v) is 13.0. The van der Waals surface area contributed by atoms with Crippen LogP contribution in [0.15, 0.2) is 24.3 Å². The molecular weight excluding hydrogens is 304 g/mol. The summed E-state index contributed by atoms with van der Waals surface area (Å²) in [5, 5.41) is -0.197. The molecule has 1 aromatic carbocycles. The average Bonchev–Trinajstić information content (AvgIpc) is 2.79. The lowest BCUT2D eigenvalue weighted by molar-refractivity contribution is -0.141. The first-order valence-corrected chi connectivity index (χ1v) is 7.96. The molecule has 3 rings (SSSR count). The van der Waals surface area contributed by atoms with Crippen molar-refractivity contribution in [2.75, 3.05) is 26.0 Å². The van der Waals surface area contributed by atoms with E-state index in [1.807, 2.05) is 24.3 Å². The van der Waals surface area contributed by atoms with Crippen LogP contribution in [0.2, 0.25) is 0 Å². The molecule has 2 fully saturated rings. The molecule has 6 nitrogen and oxygen atoms in total. The topological polar surface area (TPSA) is 66.9 Å². The third-order valence-electron chi connectivity index (χ3n) is 3.88. The molecule has 1 aromatic rings. The number of carbonyl (C=O) groups excluding carboxylic acids is 3. The lowest BCUT2D eigenvalue weighted by Gasteiger charge is -2.42. The maximum absolute atomic E-state index is 12.2. The normalized spacial score (nSPS) is 18.6. The maximum atomic E-state index is 12.2. The number of methoxy groups -OCH3 is 1. The van der Waals surface area contributed by atoms with Gasteiger partial charge in [-0.3, -0.25) is 19.3 Å². The standard InChI is InChI=1S/C15H16N2O4S/c1-21-12-4-2-10(3-5-12)6-13(18)16-7-11(8-16)17-14(19)9-22-15(17)20/h2-5,11H,6-9H2,1H3. The Morgan fingerprint density at radius 2 is 1.95 bits per heavy atom. The molecule has 0 atom stereocenters. The van der Waals surface area contributed by atoms with E-state index in [2.05, 4.69) is 0 Å². The van der Waals surface area contributed by atoms with Crippen molar-refractivity contribution in [3.05, 3.63) is 29.8 Å². The first kappa shape index (κ1) is 14.9. The summed E-state index contributed by atoms with van der Waals surface area (Å²) in [4.78, 5) is 38.4. The van der Waals surface area contributed by atoms with E-state index in [-0.39, 0.29) is 28.8 Å². The molecular formula is C15H16N2O4S. The van der Waals surface area contributed by atoms with Gasteiger partial charge in [-0.2, -0.15) is 0 Å². The van der Waals surface area contributed by atoms with E-state index in [0.717, 1.165) is 23.1 Å². The summed E-state index contributed by atoms with van der Waals surface area (Å²) >= 11 is 1.03. The van der Waals surface area contributed by atoms with Crippen LogP contribution in [0.3, 0.4) is 0 Å². The third kappa shape index (κ3) is 2.81. The molecule has 7 heteroatoms. The Labute approximate surface area is 132 Å². The number of amides is 3. The molecule has 2 aliphatic rings. The van der Waals surface area contributed by atoms with E-state index >= 15 is 0 Å². The van der Waals surface area contributed by atoms with Crippen molar-refractivity contribution >= 4 is 28.8 Å². The predicted octanol–water partition coefficient (Wildman–Crippen LogP) is 1.14. The second-order valence-corrected chi connectivity index (χ2v) is 6.22. The number of carbonyl (C=O) groups is 3. The summed E-state index contributed by atoms with van der Waals surface area (Å²) < 4.78 is 5.08. The van der Waals surface area contributed by atoms with Crippen LogP contribution in [-0.4, -0.2) is 58.8 Å². The van der Waals surface area contributed by atoms with Gasteiger partial charge in [0.2, 0.25) is 11.8 Å². The van der Waals surface area contributed by atoms with Crippen molar-refractivity contribution in [2.45, 2.75) is 12.5 Å². The van der Waals surface area contributed by atoms with Gasteiger partial charge in [0, 0.05) is 13.1 Å². The number of likely N-dealkylation sites (tertiary alicyclic amines) is 1. The zero-order valence-electron chi connectivity index (χ0n) is 12.2. The Balaban J connectivity index is 1.52. The highest BCUT2D eigenvalue weighted by molar-refractivity contribution is 8.14. The van der Waals surface area contributed by atoms with E-state index in [0.29, 0.717) is 19.5 Å². The molecule has 0 unspecified atom stereocenters. The molecule has 3 amide bonds. The lowest BCUT2D eigenvalue weighted by Crippen LogP contribution is -2.62. The molecule has 22 heavy (non-hydrogen) atoms. The SMILES string of the molecule is COc1ccc(CC(=O)N2CC(N3C(=O)CSC3=O)C2)cc1. The van der Waals surface area contributed by atoms with Gasteiger partial charge in [0.1, 0.15) is 5.75 Å². The Kier molecular flexibility index (Phi) is 4.06. The van der Waals surface area contributed by atoms with Crippen molar-refractivity contribution in [3.63, 3.8) is 0 Å². The minimum atomic E-state index is -0.197. The number of hydrogen-bond acceptors (Lipinski definition) is 5. The minimum Gasteiger partial charge on any atom is -0.497 e. The van der Waals surface area contributed by atoms with Gasteiger partial charge in [-0.25, -0.2) is 0 Å². The Bertz CT molecular complexity index is 594. The van der Waals surface area contributed by atoms with Gasteiger partial charge in [0.05, 0.1) is 25.3 Å². The highest BCUT2D eigenvalue weighted by Gasteiger charge is 2.43. The van der Waals surface area contributed by atoms with Crippen LogP contribution in [0.4, 0.5) is 4.79 Å². The molecule has 0 saturated carbocycles. The van der Waals surface area contributed by atoms with Crippen LogP contribution >= 0.6 is 11.8 Å². The zero-order chi connectivity index (χ0) is 15.7. The van der Waals surface area contributed by atoms with Gasteiger partial charge in [0.25, 0.3) is 5.24 Å². The molecule has 0 N–H and O–H groups in total. The maximum Gasteiger partial charge on any atom is 0.289 e. The molecule has 0 radical (unpaired) electrons. The van der Waals surface area contributed by atoms with Crippen LogP contribution in [0.1, 0.15) is 5.56 Å². The van der Waals surface area contributed by atoms with E-state index in [1.165, 1.54) is 4.90 Å². The van der Waals surface area contributed by atoms with Crippen LogP contribution in [0, 0.1) is 0 Å². The first-order chi connectivity index (χ1) is 10.6. The molecule has 2 heterocycles. The van der Waals surface area contributed by atoms with Crippen molar-refractivity contribution in [3.8, 4) is 5.75 Å². The second kappa shape index (κ2) is 6.00. The van der Waals surface area contributed by atoms with Crippen LogP contribution in [0.25, 0.3) is 0 Å². The van der Waals surface area contributed by atoms with Crippen molar-refractivity contribution < 1.29 is 19.1 Å². The summed E-state index contributed by atoms with van der Waals surface area (Å²) in [6, 6.07) is 7.20. The summed E-state index contributed by atoms with van der Waals surface area (Å²) in [5.41, 5.74) is 0.915. The molecule has 2 aliphatic heterocycles. The van der Waals surface area contributed by atoms with Gasteiger partial charge in [0.15, 0.2) is 0 Å². The van der Waals surface area contributed by atoms with Gasteiger partial charge >= 0.3 is 0 Å². The number of imide groups is 1. The largest absolute Gasteiger partial charge is 0.497 e. The van der Waals surface area contributed by atoms with E-state index in [9.17, 15) is 14.4 Å². The monoisotopic (exact) mass is 320 g/mol.